The number of anilines is 2. The summed E-state index contributed by atoms with van der Waals surface area (Å²) in [5, 5.41) is 3.26. The number of rotatable bonds is 7. The Morgan fingerprint density at radius 2 is 1.55 bits per heavy atom. The highest BCUT2D eigenvalue weighted by molar-refractivity contribution is 7.89. The van der Waals surface area contributed by atoms with Crippen molar-refractivity contribution in [1.29, 1.82) is 0 Å². The zero-order valence-electron chi connectivity index (χ0n) is 18.2. The number of benzene rings is 2. The quantitative estimate of drug-likeness (QED) is 0.522. The largest absolute Gasteiger partial charge is 0.463 e. The first-order chi connectivity index (χ1) is 14.8. The van der Waals surface area contributed by atoms with Crippen molar-refractivity contribution in [1.82, 2.24) is 9.21 Å². The third-order valence-electron chi connectivity index (χ3n) is 5.13. The summed E-state index contributed by atoms with van der Waals surface area (Å²) in [6, 6.07) is 14.4. The van der Waals surface area contributed by atoms with E-state index in [1.807, 2.05) is 31.3 Å². The van der Waals surface area contributed by atoms with Crippen molar-refractivity contribution in [2.75, 3.05) is 45.2 Å². The number of sulfonamides is 1. The summed E-state index contributed by atoms with van der Waals surface area (Å²) in [4.78, 5) is 14.1. The molecule has 1 N–H and O–H groups in total. The van der Waals surface area contributed by atoms with Gasteiger partial charge in [-0.25, -0.2) is 13.2 Å². The molecule has 166 valence electrons. The Morgan fingerprint density at radius 3 is 2.10 bits per heavy atom. The van der Waals surface area contributed by atoms with Gasteiger partial charge in [0.15, 0.2) is 0 Å². The lowest BCUT2D eigenvalue weighted by Crippen LogP contribution is -2.46. The zero-order chi connectivity index (χ0) is 22.4. The minimum absolute atomic E-state index is 0.303. The standard InChI is InChI=1S/C23H29N3O4S/c1-4-30-23(27)18(2)17-19-5-7-20(8-6-19)24-21-9-11-22(12-10-21)31(28,29)26-15-13-25(3)14-16-26/h5-12,17,24H,4,13-16H2,1-3H3/b18-17+. The van der Waals surface area contributed by atoms with E-state index in [1.54, 1.807) is 48.5 Å². The molecule has 0 bridgehead atoms. The van der Waals surface area contributed by atoms with E-state index in [1.165, 1.54) is 0 Å². The molecular weight excluding hydrogens is 414 g/mol. The first-order valence-electron chi connectivity index (χ1n) is 10.3. The Morgan fingerprint density at radius 1 is 1.00 bits per heavy atom. The number of hydrogen-bond acceptors (Lipinski definition) is 6. The smallest absolute Gasteiger partial charge is 0.333 e. The van der Waals surface area contributed by atoms with Gasteiger partial charge in [0.25, 0.3) is 0 Å². The molecule has 0 aromatic heterocycles. The van der Waals surface area contributed by atoms with Crippen molar-refractivity contribution in [3.8, 4) is 0 Å². The second-order valence-electron chi connectivity index (χ2n) is 7.53. The Kier molecular flexibility index (Phi) is 7.48. The van der Waals surface area contributed by atoms with Gasteiger partial charge in [0.05, 0.1) is 11.5 Å². The summed E-state index contributed by atoms with van der Waals surface area (Å²) in [5.41, 5.74) is 3.09. The van der Waals surface area contributed by atoms with E-state index in [0.717, 1.165) is 30.0 Å². The van der Waals surface area contributed by atoms with Crippen LogP contribution in [0.3, 0.4) is 0 Å². The first-order valence-corrected chi connectivity index (χ1v) is 11.7. The van der Waals surface area contributed by atoms with Crippen LogP contribution in [0.2, 0.25) is 0 Å². The normalized spacial score (nSPS) is 16.2. The molecule has 0 radical (unpaired) electrons. The van der Waals surface area contributed by atoms with Crippen molar-refractivity contribution in [3.63, 3.8) is 0 Å². The van der Waals surface area contributed by atoms with Crippen LogP contribution in [0.4, 0.5) is 11.4 Å². The predicted molar refractivity (Wildman–Crippen MR) is 123 cm³/mol. The average molecular weight is 444 g/mol. The number of hydrogen-bond donors (Lipinski definition) is 1. The molecule has 2 aromatic carbocycles. The van der Waals surface area contributed by atoms with Crippen molar-refractivity contribution in [3.05, 3.63) is 59.7 Å². The zero-order valence-corrected chi connectivity index (χ0v) is 19.0. The number of ether oxygens (including phenoxy) is 1. The van der Waals surface area contributed by atoms with E-state index >= 15 is 0 Å². The summed E-state index contributed by atoms with van der Waals surface area (Å²) < 4.78 is 32.2. The molecule has 31 heavy (non-hydrogen) atoms. The monoisotopic (exact) mass is 443 g/mol. The second kappa shape index (κ2) is 10.1. The maximum Gasteiger partial charge on any atom is 0.333 e. The number of carbonyl (C=O) groups excluding carboxylic acids is 1. The van der Waals surface area contributed by atoms with Crippen LogP contribution in [0.25, 0.3) is 6.08 Å². The average Bonchev–Trinajstić information content (AvgIpc) is 2.76. The van der Waals surface area contributed by atoms with Crippen molar-refractivity contribution in [2.45, 2.75) is 18.7 Å². The molecule has 2 aromatic rings. The summed E-state index contributed by atoms with van der Waals surface area (Å²) in [5.74, 6) is -0.323. The molecule has 1 aliphatic heterocycles. The molecule has 8 heteroatoms. The van der Waals surface area contributed by atoms with Crippen LogP contribution in [-0.4, -0.2) is 63.4 Å². The van der Waals surface area contributed by atoms with E-state index < -0.39 is 10.0 Å². The van der Waals surface area contributed by atoms with E-state index in [-0.39, 0.29) is 5.97 Å². The van der Waals surface area contributed by atoms with Gasteiger partial charge in [0, 0.05) is 43.1 Å². The number of piperazine rings is 1. The summed E-state index contributed by atoms with van der Waals surface area (Å²) in [7, 11) is -1.47. The number of likely N-dealkylation sites (N-methyl/N-ethyl adjacent to an activating group) is 1. The van der Waals surface area contributed by atoms with Crippen LogP contribution >= 0.6 is 0 Å². The highest BCUT2D eigenvalue weighted by Gasteiger charge is 2.27. The second-order valence-corrected chi connectivity index (χ2v) is 9.46. The van der Waals surface area contributed by atoms with Gasteiger partial charge in [-0.1, -0.05) is 12.1 Å². The molecule has 1 fully saturated rings. The van der Waals surface area contributed by atoms with Gasteiger partial charge in [-0.05, 0) is 68.9 Å². The van der Waals surface area contributed by atoms with Gasteiger partial charge in [0.2, 0.25) is 10.0 Å². The first kappa shape index (κ1) is 23.0. The van der Waals surface area contributed by atoms with E-state index in [2.05, 4.69) is 10.2 Å². The third-order valence-corrected chi connectivity index (χ3v) is 7.05. The minimum atomic E-state index is -3.47. The summed E-state index contributed by atoms with van der Waals surface area (Å²) in [6.45, 7) is 6.35. The third kappa shape index (κ3) is 5.94. The van der Waals surface area contributed by atoms with Crippen molar-refractivity contribution >= 4 is 33.4 Å². The molecule has 3 rings (SSSR count). The van der Waals surface area contributed by atoms with Crippen LogP contribution in [0.1, 0.15) is 19.4 Å². The maximum atomic E-state index is 12.8. The summed E-state index contributed by atoms with van der Waals surface area (Å²) >= 11 is 0. The Labute approximate surface area is 184 Å². The number of esters is 1. The molecule has 1 saturated heterocycles. The minimum Gasteiger partial charge on any atom is -0.463 e. The van der Waals surface area contributed by atoms with Gasteiger partial charge < -0.3 is 15.0 Å². The van der Waals surface area contributed by atoms with Gasteiger partial charge in [-0.15, -0.1) is 0 Å². The van der Waals surface area contributed by atoms with Crippen molar-refractivity contribution < 1.29 is 17.9 Å². The molecule has 0 aliphatic carbocycles. The van der Waals surface area contributed by atoms with Gasteiger partial charge in [-0.3, -0.25) is 0 Å². The van der Waals surface area contributed by atoms with E-state index in [0.29, 0.717) is 30.2 Å². The Balaban J connectivity index is 1.65. The van der Waals surface area contributed by atoms with E-state index in [9.17, 15) is 13.2 Å². The molecule has 0 spiro atoms. The molecule has 0 saturated carbocycles. The molecule has 0 amide bonds. The Bertz CT molecular complexity index is 1020. The molecule has 1 heterocycles. The fraction of sp³-hybridized carbons (Fsp3) is 0.348. The van der Waals surface area contributed by atoms with Gasteiger partial charge >= 0.3 is 5.97 Å². The van der Waals surface area contributed by atoms with Crippen LogP contribution in [0.5, 0.6) is 0 Å². The van der Waals surface area contributed by atoms with Gasteiger partial charge in [0.1, 0.15) is 0 Å². The topological polar surface area (TPSA) is 78.9 Å². The molecule has 7 nitrogen and oxygen atoms in total. The van der Waals surface area contributed by atoms with Gasteiger partial charge in [-0.2, -0.15) is 4.31 Å². The highest BCUT2D eigenvalue weighted by Crippen LogP contribution is 2.22. The fourth-order valence-corrected chi connectivity index (χ4v) is 4.69. The lowest BCUT2D eigenvalue weighted by atomic mass is 10.1. The van der Waals surface area contributed by atoms with Crippen LogP contribution in [0, 0.1) is 0 Å². The molecule has 1 aliphatic rings. The SMILES string of the molecule is CCOC(=O)/C(C)=C/c1ccc(Nc2ccc(S(=O)(=O)N3CCN(C)CC3)cc2)cc1. The van der Waals surface area contributed by atoms with Crippen molar-refractivity contribution in [2.24, 2.45) is 0 Å². The Hall–Kier alpha value is -2.68. The maximum absolute atomic E-state index is 12.8. The predicted octanol–water partition coefficient (Wildman–Crippen LogP) is 3.33. The summed E-state index contributed by atoms with van der Waals surface area (Å²) in [6.07, 6.45) is 1.78. The molecule has 0 unspecified atom stereocenters. The lowest BCUT2D eigenvalue weighted by Gasteiger charge is -2.31. The fourth-order valence-electron chi connectivity index (χ4n) is 3.27. The number of nitrogens with one attached hydrogen (secondary N) is 1. The number of nitrogens with zero attached hydrogens (tertiary/aromatic N) is 2. The van der Waals surface area contributed by atoms with Crippen LogP contribution in [0.15, 0.2) is 59.0 Å². The molecular formula is C23H29N3O4S. The highest BCUT2D eigenvalue weighted by atomic mass is 32.2. The van der Waals surface area contributed by atoms with Crippen LogP contribution in [-0.2, 0) is 19.6 Å². The number of carbonyl (C=O) groups is 1. The lowest BCUT2D eigenvalue weighted by molar-refractivity contribution is -0.138. The van der Waals surface area contributed by atoms with Crippen LogP contribution < -0.4 is 5.32 Å². The van der Waals surface area contributed by atoms with E-state index in [4.69, 9.17) is 4.74 Å². The molecule has 0 atom stereocenters.